The van der Waals surface area contributed by atoms with Gasteiger partial charge in [0.05, 0.1) is 12.2 Å². The summed E-state index contributed by atoms with van der Waals surface area (Å²) in [5, 5.41) is 20.5. The van der Waals surface area contributed by atoms with Crippen molar-refractivity contribution < 1.29 is 9.66 Å². The summed E-state index contributed by atoms with van der Waals surface area (Å²) >= 11 is 0. The largest absolute Gasteiger partial charge is 0.378 e. The third-order valence-corrected chi connectivity index (χ3v) is 6.99. The highest BCUT2D eigenvalue weighted by Gasteiger charge is 2.31. The summed E-state index contributed by atoms with van der Waals surface area (Å²) in [6, 6.07) is 2.00. The van der Waals surface area contributed by atoms with Gasteiger partial charge in [0, 0.05) is 29.9 Å². The number of rotatable bonds is 6. The molecule has 3 fully saturated rings. The van der Waals surface area contributed by atoms with Crippen molar-refractivity contribution in [3.05, 3.63) is 21.8 Å². The lowest BCUT2D eigenvalue weighted by Crippen LogP contribution is -2.27. The molecule has 0 aromatic rings. The van der Waals surface area contributed by atoms with E-state index >= 15 is 0 Å². The fraction of sp³-hybridized carbons (Fsp3) is 0.864. The van der Waals surface area contributed by atoms with Crippen molar-refractivity contribution in [1.82, 2.24) is 0 Å². The second-order valence-electron chi connectivity index (χ2n) is 8.90. The number of nitriles is 1. The van der Waals surface area contributed by atoms with Gasteiger partial charge in [-0.3, -0.25) is 10.1 Å². The van der Waals surface area contributed by atoms with E-state index in [0.717, 1.165) is 56.6 Å². The minimum Gasteiger partial charge on any atom is -0.378 e. The van der Waals surface area contributed by atoms with Crippen LogP contribution in [0.1, 0.15) is 83.5 Å². The van der Waals surface area contributed by atoms with Crippen LogP contribution in [0.15, 0.2) is 11.6 Å². The molecule has 27 heavy (non-hydrogen) atoms. The molecule has 0 amide bonds. The second kappa shape index (κ2) is 10.2. The van der Waals surface area contributed by atoms with Gasteiger partial charge in [-0.1, -0.05) is 25.3 Å². The fourth-order valence-electron chi connectivity index (χ4n) is 5.16. The zero-order valence-corrected chi connectivity index (χ0v) is 16.5. The molecule has 0 aromatic carbocycles. The summed E-state index contributed by atoms with van der Waals surface area (Å²) in [5.74, 6) is 1.48. The molecule has 0 bridgehead atoms. The van der Waals surface area contributed by atoms with Crippen LogP contribution in [-0.2, 0) is 4.74 Å². The summed E-state index contributed by atoms with van der Waals surface area (Å²) in [5.41, 5.74) is 0.878. The van der Waals surface area contributed by atoms with Crippen molar-refractivity contribution in [3.63, 3.8) is 0 Å². The summed E-state index contributed by atoms with van der Waals surface area (Å²) in [4.78, 5) is 10.8. The third kappa shape index (κ3) is 6.04. The molecule has 5 nitrogen and oxygen atoms in total. The van der Waals surface area contributed by atoms with Gasteiger partial charge >= 0.3 is 0 Å². The molecule has 0 atom stereocenters. The van der Waals surface area contributed by atoms with E-state index in [0.29, 0.717) is 24.9 Å². The molecular weight excluding hydrogens is 340 g/mol. The predicted octanol–water partition coefficient (Wildman–Crippen LogP) is 5.43. The first-order chi connectivity index (χ1) is 13.2. The molecule has 0 N–H and O–H groups in total. The van der Waals surface area contributed by atoms with E-state index in [2.05, 4.69) is 12.1 Å². The van der Waals surface area contributed by atoms with Gasteiger partial charge < -0.3 is 4.74 Å². The van der Waals surface area contributed by atoms with E-state index < -0.39 is 6.04 Å². The smallest absolute Gasteiger partial charge is 0.213 e. The second-order valence-corrected chi connectivity index (χ2v) is 8.90. The monoisotopic (exact) mass is 374 g/mol. The molecule has 0 aromatic heterocycles. The Hall–Kier alpha value is -1.41. The van der Waals surface area contributed by atoms with Crippen LogP contribution in [-0.4, -0.2) is 23.7 Å². The van der Waals surface area contributed by atoms with Gasteiger partial charge in [-0.2, -0.15) is 5.26 Å². The van der Waals surface area contributed by atoms with Crippen molar-refractivity contribution >= 4 is 0 Å². The minimum atomic E-state index is -0.405. The van der Waals surface area contributed by atoms with Gasteiger partial charge in [0.15, 0.2) is 0 Å². The van der Waals surface area contributed by atoms with E-state index in [-0.39, 0.29) is 10.8 Å². The van der Waals surface area contributed by atoms with Crippen molar-refractivity contribution in [2.75, 3.05) is 6.61 Å². The highest BCUT2D eigenvalue weighted by atomic mass is 16.6. The van der Waals surface area contributed by atoms with Crippen molar-refractivity contribution in [1.29, 1.82) is 5.26 Å². The van der Waals surface area contributed by atoms with Crippen molar-refractivity contribution in [3.8, 4) is 6.07 Å². The zero-order chi connectivity index (χ0) is 19.1. The number of nitrogens with zero attached hydrogens (tertiary/aromatic N) is 2. The Labute approximate surface area is 163 Å². The van der Waals surface area contributed by atoms with Crippen molar-refractivity contribution in [2.24, 2.45) is 17.8 Å². The van der Waals surface area contributed by atoms with Gasteiger partial charge in [-0.25, -0.2) is 0 Å². The lowest BCUT2D eigenvalue weighted by atomic mass is 9.79. The first-order valence-electron chi connectivity index (χ1n) is 11.0. The van der Waals surface area contributed by atoms with Gasteiger partial charge in [0.25, 0.3) is 0 Å². The fourth-order valence-corrected chi connectivity index (χ4v) is 5.16. The van der Waals surface area contributed by atoms with Crippen LogP contribution in [0.25, 0.3) is 0 Å². The Morgan fingerprint density at radius 3 is 2.26 bits per heavy atom. The number of nitro groups is 1. The maximum Gasteiger partial charge on any atom is 0.213 e. The lowest BCUT2D eigenvalue weighted by Gasteiger charge is -2.30. The first kappa shape index (κ1) is 20.3. The molecule has 3 saturated carbocycles. The number of ether oxygens (including phenoxy) is 1. The Kier molecular flexibility index (Phi) is 7.70. The molecule has 150 valence electrons. The normalized spacial score (nSPS) is 33.4. The predicted molar refractivity (Wildman–Crippen MR) is 105 cm³/mol. The lowest BCUT2D eigenvalue weighted by molar-refractivity contribution is -0.526. The number of allylic oxidation sites excluding steroid dienone is 2. The molecule has 3 aliphatic rings. The van der Waals surface area contributed by atoms with Crippen molar-refractivity contribution in [2.45, 2.75) is 95.6 Å². The number of hydrogen-bond acceptors (Lipinski definition) is 4. The average Bonchev–Trinajstić information content (AvgIpc) is 2.72. The van der Waals surface area contributed by atoms with E-state index in [4.69, 9.17) is 4.74 Å². The molecule has 0 radical (unpaired) electrons. The van der Waals surface area contributed by atoms with E-state index in [1.54, 1.807) is 0 Å². The summed E-state index contributed by atoms with van der Waals surface area (Å²) in [7, 11) is 0. The Morgan fingerprint density at radius 2 is 1.67 bits per heavy atom. The third-order valence-electron chi connectivity index (χ3n) is 6.99. The Bertz CT molecular complexity index is 546. The molecule has 5 heteroatoms. The minimum absolute atomic E-state index is 0.152. The molecule has 0 heterocycles. The van der Waals surface area contributed by atoms with Crippen LogP contribution in [0.5, 0.6) is 0 Å². The zero-order valence-electron chi connectivity index (χ0n) is 16.5. The molecule has 3 rings (SSSR count). The Morgan fingerprint density at radius 1 is 1.00 bits per heavy atom. The molecular formula is C22H34N2O3. The van der Waals surface area contributed by atoms with Crippen LogP contribution in [0.2, 0.25) is 0 Å². The first-order valence-corrected chi connectivity index (χ1v) is 11.0. The molecule has 0 saturated heterocycles. The molecule has 0 unspecified atom stereocenters. The van der Waals surface area contributed by atoms with Gasteiger partial charge in [-0.05, 0) is 69.1 Å². The average molecular weight is 375 g/mol. The maximum absolute atomic E-state index is 10.9. The van der Waals surface area contributed by atoms with Crippen LogP contribution in [0, 0.1) is 39.2 Å². The van der Waals surface area contributed by atoms with Crippen LogP contribution in [0.4, 0.5) is 0 Å². The SMILES string of the molecule is N#C/C(=C/C1CCC(OCC2CCCCC2)CC1)C1CCC([N+](=O)[O-])CC1. The summed E-state index contributed by atoms with van der Waals surface area (Å²) in [6.07, 6.45) is 16.6. The summed E-state index contributed by atoms with van der Waals surface area (Å²) < 4.78 is 6.20. The quantitative estimate of drug-likeness (QED) is 0.353. The molecule has 0 spiro atoms. The van der Waals surface area contributed by atoms with Gasteiger partial charge in [-0.15, -0.1) is 0 Å². The standard InChI is InChI=1S/C22H34N2O3/c23-15-20(19-8-10-21(11-9-19)24(25)26)14-17-6-12-22(13-7-17)27-16-18-4-2-1-3-5-18/h14,17-19,21-22H,1-13,16H2/b20-14-. The van der Waals surface area contributed by atoms with E-state index in [9.17, 15) is 15.4 Å². The van der Waals surface area contributed by atoms with Crippen LogP contribution in [0.3, 0.4) is 0 Å². The van der Waals surface area contributed by atoms with E-state index in [1.807, 2.05) is 0 Å². The maximum atomic E-state index is 10.9. The molecule has 3 aliphatic carbocycles. The van der Waals surface area contributed by atoms with E-state index in [1.165, 1.54) is 32.1 Å². The van der Waals surface area contributed by atoms with Crippen LogP contribution < -0.4 is 0 Å². The topological polar surface area (TPSA) is 76.2 Å². The van der Waals surface area contributed by atoms with Gasteiger partial charge in [0.1, 0.15) is 0 Å². The van der Waals surface area contributed by atoms with Crippen LogP contribution >= 0.6 is 0 Å². The highest BCUT2D eigenvalue weighted by Crippen LogP contribution is 2.35. The van der Waals surface area contributed by atoms with Gasteiger partial charge in [0.2, 0.25) is 6.04 Å². The molecule has 0 aliphatic heterocycles. The Balaban J connectivity index is 1.41. The highest BCUT2D eigenvalue weighted by molar-refractivity contribution is 5.25. The number of hydrogen-bond donors (Lipinski definition) is 0. The summed E-state index contributed by atoms with van der Waals surface area (Å²) in [6.45, 7) is 0.939.